The fourth-order valence-corrected chi connectivity index (χ4v) is 1.79. The number of methoxy groups -OCH3 is 1. The Balaban J connectivity index is 1.91. The molecule has 0 amide bonds. The summed E-state index contributed by atoms with van der Waals surface area (Å²) in [5.74, 6) is 1.50. The molecule has 0 spiro atoms. The number of pyridine rings is 1. The Hall–Kier alpha value is -2.74. The molecular formula is C15H16N4O. The van der Waals surface area contributed by atoms with Crippen LogP contribution in [0.1, 0.15) is 11.3 Å². The topological polar surface area (TPSA) is 84.0 Å². The first-order chi connectivity index (χ1) is 9.72. The average molecular weight is 268 g/mol. The van der Waals surface area contributed by atoms with Crippen LogP contribution in [0.25, 0.3) is 0 Å². The van der Waals surface area contributed by atoms with Crippen molar-refractivity contribution in [3.05, 3.63) is 47.7 Å². The summed E-state index contributed by atoms with van der Waals surface area (Å²) in [4.78, 5) is 4.13. The summed E-state index contributed by atoms with van der Waals surface area (Å²) in [6.07, 6.45) is 0.859. The fraction of sp³-hybridized carbons (Fsp3) is 0.200. The van der Waals surface area contributed by atoms with E-state index >= 15 is 0 Å². The predicted molar refractivity (Wildman–Crippen MR) is 78.6 cm³/mol. The molecule has 1 aromatic carbocycles. The van der Waals surface area contributed by atoms with E-state index in [1.165, 1.54) is 5.56 Å². The number of anilines is 2. The highest BCUT2D eigenvalue weighted by Gasteiger charge is 2.01. The number of rotatable bonds is 5. The van der Waals surface area contributed by atoms with Gasteiger partial charge < -0.3 is 15.8 Å². The molecule has 102 valence electrons. The molecule has 5 heteroatoms. The summed E-state index contributed by atoms with van der Waals surface area (Å²) < 4.78 is 5.11. The van der Waals surface area contributed by atoms with Gasteiger partial charge in [0, 0.05) is 6.54 Å². The maximum Gasteiger partial charge on any atom is 0.165 e. The number of aromatic nitrogens is 1. The lowest BCUT2D eigenvalue weighted by Crippen LogP contribution is -2.07. The average Bonchev–Trinajstić information content (AvgIpc) is 2.49. The molecule has 0 saturated heterocycles. The van der Waals surface area contributed by atoms with E-state index in [9.17, 15) is 0 Å². The summed E-state index contributed by atoms with van der Waals surface area (Å²) in [5, 5.41) is 12.0. The zero-order chi connectivity index (χ0) is 14.4. The molecule has 20 heavy (non-hydrogen) atoms. The molecule has 0 bridgehead atoms. The highest BCUT2D eigenvalue weighted by molar-refractivity contribution is 5.54. The Morgan fingerprint density at radius 1 is 1.25 bits per heavy atom. The van der Waals surface area contributed by atoms with Gasteiger partial charge in [0.05, 0.1) is 12.8 Å². The lowest BCUT2D eigenvalue weighted by atomic mass is 10.1. The summed E-state index contributed by atoms with van der Waals surface area (Å²) in [6, 6.07) is 13.3. The second-order valence-corrected chi connectivity index (χ2v) is 4.27. The zero-order valence-corrected chi connectivity index (χ0v) is 11.3. The monoisotopic (exact) mass is 268 g/mol. The molecule has 0 aliphatic rings. The Morgan fingerprint density at radius 3 is 2.65 bits per heavy atom. The van der Waals surface area contributed by atoms with Gasteiger partial charge in [0.2, 0.25) is 0 Å². The van der Waals surface area contributed by atoms with Gasteiger partial charge in [-0.25, -0.2) is 4.98 Å². The molecule has 0 saturated carbocycles. The number of nitriles is 1. The van der Waals surface area contributed by atoms with Crippen LogP contribution in [0.3, 0.4) is 0 Å². The number of nitrogen functional groups attached to an aromatic ring is 1. The van der Waals surface area contributed by atoms with Crippen molar-refractivity contribution in [3.63, 3.8) is 0 Å². The van der Waals surface area contributed by atoms with Crippen LogP contribution in [0.5, 0.6) is 5.75 Å². The lowest BCUT2D eigenvalue weighted by Gasteiger charge is -2.07. The minimum atomic E-state index is 0.249. The van der Waals surface area contributed by atoms with Crippen LogP contribution in [0.15, 0.2) is 36.4 Å². The highest BCUT2D eigenvalue weighted by atomic mass is 16.5. The van der Waals surface area contributed by atoms with Crippen LogP contribution in [-0.4, -0.2) is 18.6 Å². The van der Waals surface area contributed by atoms with E-state index in [0.29, 0.717) is 11.5 Å². The van der Waals surface area contributed by atoms with Crippen molar-refractivity contribution in [1.82, 2.24) is 4.98 Å². The van der Waals surface area contributed by atoms with Gasteiger partial charge in [-0.2, -0.15) is 5.26 Å². The van der Waals surface area contributed by atoms with Gasteiger partial charge >= 0.3 is 0 Å². The third-order valence-corrected chi connectivity index (χ3v) is 2.91. The molecule has 0 aliphatic carbocycles. The van der Waals surface area contributed by atoms with Crippen molar-refractivity contribution in [2.75, 3.05) is 24.7 Å². The van der Waals surface area contributed by atoms with Gasteiger partial charge in [-0.05, 0) is 36.2 Å². The van der Waals surface area contributed by atoms with Gasteiger partial charge in [-0.1, -0.05) is 12.1 Å². The van der Waals surface area contributed by atoms with E-state index < -0.39 is 0 Å². The SMILES string of the molecule is COc1ccc(CCNc2ccc(N)c(C#N)n2)cc1. The zero-order valence-electron chi connectivity index (χ0n) is 11.3. The maximum absolute atomic E-state index is 8.86. The maximum atomic E-state index is 8.86. The molecule has 0 atom stereocenters. The molecule has 1 heterocycles. The normalized spacial score (nSPS) is 9.80. The molecule has 5 nitrogen and oxygen atoms in total. The van der Waals surface area contributed by atoms with E-state index in [1.807, 2.05) is 30.3 Å². The molecule has 2 aromatic rings. The van der Waals surface area contributed by atoms with Gasteiger partial charge in [0.1, 0.15) is 17.6 Å². The van der Waals surface area contributed by atoms with Crippen LogP contribution < -0.4 is 15.8 Å². The van der Waals surface area contributed by atoms with Crippen molar-refractivity contribution < 1.29 is 4.74 Å². The molecular weight excluding hydrogens is 252 g/mol. The van der Waals surface area contributed by atoms with E-state index in [2.05, 4.69) is 10.3 Å². The minimum absolute atomic E-state index is 0.249. The minimum Gasteiger partial charge on any atom is -0.497 e. The van der Waals surface area contributed by atoms with E-state index in [-0.39, 0.29) is 5.69 Å². The molecule has 1 aromatic heterocycles. The van der Waals surface area contributed by atoms with Crippen molar-refractivity contribution >= 4 is 11.5 Å². The number of nitrogens with zero attached hydrogens (tertiary/aromatic N) is 2. The number of nitrogens with one attached hydrogen (secondary N) is 1. The van der Waals surface area contributed by atoms with Crippen molar-refractivity contribution in [3.8, 4) is 11.8 Å². The first-order valence-electron chi connectivity index (χ1n) is 6.26. The Bertz CT molecular complexity index is 617. The predicted octanol–water partition coefficient (Wildman–Crippen LogP) is 2.20. The number of ether oxygens (including phenoxy) is 1. The van der Waals surface area contributed by atoms with E-state index in [4.69, 9.17) is 15.7 Å². The summed E-state index contributed by atoms with van der Waals surface area (Å²) in [5.41, 5.74) is 7.47. The quantitative estimate of drug-likeness (QED) is 0.868. The number of hydrogen-bond donors (Lipinski definition) is 2. The molecule has 0 fully saturated rings. The molecule has 0 unspecified atom stereocenters. The van der Waals surface area contributed by atoms with Crippen LogP contribution in [0, 0.1) is 11.3 Å². The highest BCUT2D eigenvalue weighted by Crippen LogP contribution is 2.13. The number of hydrogen-bond acceptors (Lipinski definition) is 5. The third kappa shape index (κ3) is 3.39. The first kappa shape index (κ1) is 13.7. The molecule has 2 rings (SSSR count). The van der Waals surface area contributed by atoms with Crippen LogP contribution in [0.2, 0.25) is 0 Å². The Morgan fingerprint density at radius 2 is 2.00 bits per heavy atom. The van der Waals surface area contributed by atoms with Gasteiger partial charge in [-0.15, -0.1) is 0 Å². The fourth-order valence-electron chi connectivity index (χ4n) is 1.79. The second-order valence-electron chi connectivity index (χ2n) is 4.27. The smallest absolute Gasteiger partial charge is 0.165 e. The van der Waals surface area contributed by atoms with Crippen molar-refractivity contribution in [2.24, 2.45) is 0 Å². The van der Waals surface area contributed by atoms with Crippen LogP contribution >= 0.6 is 0 Å². The third-order valence-electron chi connectivity index (χ3n) is 2.91. The van der Waals surface area contributed by atoms with Gasteiger partial charge in [0.15, 0.2) is 5.69 Å². The number of nitrogens with two attached hydrogens (primary N) is 1. The largest absolute Gasteiger partial charge is 0.497 e. The van der Waals surface area contributed by atoms with Crippen LogP contribution in [-0.2, 0) is 6.42 Å². The standard InChI is InChI=1S/C15H16N4O/c1-20-12-4-2-11(3-5-12)8-9-18-15-7-6-13(17)14(10-16)19-15/h2-7H,8-9,17H2,1H3,(H,18,19). The Kier molecular flexibility index (Phi) is 4.40. The van der Waals surface area contributed by atoms with Gasteiger partial charge in [0.25, 0.3) is 0 Å². The van der Waals surface area contributed by atoms with Gasteiger partial charge in [-0.3, -0.25) is 0 Å². The Labute approximate surface area is 118 Å². The summed E-state index contributed by atoms with van der Waals surface area (Å²) >= 11 is 0. The van der Waals surface area contributed by atoms with E-state index in [1.54, 1.807) is 19.2 Å². The molecule has 0 radical (unpaired) electrons. The van der Waals surface area contributed by atoms with Crippen molar-refractivity contribution in [1.29, 1.82) is 5.26 Å². The van der Waals surface area contributed by atoms with Crippen molar-refractivity contribution in [2.45, 2.75) is 6.42 Å². The number of benzene rings is 1. The molecule has 0 aliphatic heterocycles. The van der Waals surface area contributed by atoms with E-state index in [0.717, 1.165) is 18.7 Å². The molecule has 3 N–H and O–H groups in total. The second kappa shape index (κ2) is 6.43. The summed E-state index contributed by atoms with van der Waals surface area (Å²) in [7, 11) is 1.65. The lowest BCUT2D eigenvalue weighted by molar-refractivity contribution is 0.414. The first-order valence-corrected chi connectivity index (χ1v) is 6.26. The van der Waals surface area contributed by atoms with Crippen LogP contribution in [0.4, 0.5) is 11.5 Å². The summed E-state index contributed by atoms with van der Waals surface area (Å²) in [6.45, 7) is 0.730.